The number of sulfone groups is 1. The van der Waals surface area contributed by atoms with Crippen LogP contribution in [0.3, 0.4) is 0 Å². The minimum absolute atomic E-state index is 0.112. The Hall–Kier alpha value is -2.21. The van der Waals surface area contributed by atoms with Gasteiger partial charge in [-0.25, -0.2) is 8.42 Å². The first-order valence-electron chi connectivity index (χ1n) is 6.51. The second-order valence-electron chi connectivity index (χ2n) is 4.54. The van der Waals surface area contributed by atoms with Crippen molar-refractivity contribution in [3.8, 4) is 5.75 Å². The average Bonchev–Trinajstić information content (AvgIpc) is 2.42. The SMILES string of the molecule is CCOc1ccccc1Nc1cccc(S(C)(=O)=O)c1N. The fourth-order valence-electron chi connectivity index (χ4n) is 1.97. The number of hydrogen-bond donors (Lipinski definition) is 2. The van der Waals surface area contributed by atoms with E-state index in [0.717, 1.165) is 11.9 Å². The van der Waals surface area contributed by atoms with Gasteiger partial charge in [-0.15, -0.1) is 0 Å². The first kappa shape index (κ1) is 15.2. The number of hydrogen-bond acceptors (Lipinski definition) is 5. The Kier molecular flexibility index (Phi) is 4.37. The molecule has 0 spiro atoms. The molecule has 0 aliphatic carbocycles. The molecule has 0 aromatic heterocycles. The molecule has 2 aromatic carbocycles. The van der Waals surface area contributed by atoms with Crippen molar-refractivity contribution in [2.75, 3.05) is 23.9 Å². The number of ether oxygens (including phenoxy) is 1. The monoisotopic (exact) mass is 306 g/mol. The lowest BCUT2D eigenvalue weighted by Crippen LogP contribution is -2.06. The third-order valence-corrected chi connectivity index (χ3v) is 4.08. The summed E-state index contributed by atoms with van der Waals surface area (Å²) in [6, 6.07) is 12.3. The molecule has 0 amide bonds. The standard InChI is InChI=1S/C15H18N2O3S/c1-3-20-13-9-5-4-7-11(13)17-12-8-6-10-14(15(12)16)21(2,18)19/h4-10,17H,3,16H2,1-2H3. The summed E-state index contributed by atoms with van der Waals surface area (Å²) in [5.74, 6) is 0.684. The van der Waals surface area contributed by atoms with E-state index in [9.17, 15) is 8.42 Å². The second kappa shape index (κ2) is 6.05. The maximum Gasteiger partial charge on any atom is 0.177 e. The lowest BCUT2D eigenvalue weighted by molar-refractivity contribution is 0.342. The molecule has 0 saturated heterocycles. The van der Waals surface area contributed by atoms with Gasteiger partial charge in [0.05, 0.1) is 28.6 Å². The van der Waals surface area contributed by atoms with Crippen LogP contribution in [0, 0.1) is 0 Å². The van der Waals surface area contributed by atoms with Crippen molar-refractivity contribution < 1.29 is 13.2 Å². The zero-order valence-electron chi connectivity index (χ0n) is 12.0. The number of nitrogen functional groups attached to an aromatic ring is 1. The maximum absolute atomic E-state index is 11.7. The highest BCUT2D eigenvalue weighted by Crippen LogP contribution is 2.32. The Balaban J connectivity index is 2.42. The number of benzene rings is 2. The van der Waals surface area contributed by atoms with E-state index in [0.29, 0.717) is 18.0 Å². The highest BCUT2D eigenvalue weighted by Gasteiger charge is 2.14. The molecule has 2 rings (SSSR count). The summed E-state index contributed by atoms with van der Waals surface area (Å²) in [5.41, 5.74) is 7.42. The van der Waals surface area contributed by atoms with Gasteiger partial charge in [-0.1, -0.05) is 18.2 Å². The summed E-state index contributed by atoms with van der Waals surface area (Å²) in [6.07, 6.45) is 1.14. The molecule has 2 aromatic rings. The van der Waals surface area contributed by atoms with Crippen molar-refractivity contribution in [1.29, 1.82) is 0 Å². The zero-order chi connectivity index (χ0) is 15.5. The summed E-state index contributed by atoms with van der Waals surface area (Å²) < 4.78 is 28.9. The molecule has 0 aliphatic heterocycles. The van der Waals surface area contributed by atoms with E-state index in [1.54, 1.807) is 12.1 Å². The average molecular weight is 306 g/mol. The van der Waals surface area contributed by atoms with Crippen LogP contribution in [0.5, 0.6) is 5.75 Å². The minimum atomic E-state index is -3.36. The Bertz CT molecular complexity index is 742. The van der Waals surface area contributed by atoms with Crippen LogP contribution in [0.15, 0.2) is 47.4 Å². The van der Waals surface area contributed by atoms with Gasteiger partial charge in [0, 0.05) is 6.26 Å². The van der Waals surface area contributed by atoms with Crippen molar-refractivity contribution in [2.24, 2.45) is 0 Å². The van der Waals surface area contributed by atoms with E-state index in [1.165, 1.54) is 6.07 Å². The van der Waals surface area contributed by atoms with Crippen LogP contribution >= 0.6 is 0 Å². The Morgan fingerprint density at radius 3 is 2.43 bits per heavy atom. The van der Waals surface area contributed by atoms with E-state index < -0.39 is 9.84 Å². The number of para-hydroxylation sites is 3. The van der Waals surface area contributed by atoms with Crippen LogP contribution in [0.25, 0.3) is 0 Å². The second-order valence-corrected chi connectivity index (χ2v) is 6.53. The van der Waals surface area contributed by atoms with Gasteiger partial charge in [-0.2, -0.15) is 0 Å². The Labute approximate surface area is 124 Å². The highest BCUT2D eigenvalue weighted by molar-refractivity contribution is 7.90. The predicted molar refractivity (Wildman–Crippen MR) is 84.9 cm³/mol. The summed E-state index contributed by atoms with van der Waals surface area (Å²) in [6.45, 7) is 2.44. The van der Waals surface area contributed by atoms with Crippen molar-refractivity contribution in [3.63, 3.8) is 0 Å². The summed E-state index contributed by atoms with van der Waals surface area (Å²) in [7, 11) is -3.36. The maximum atomic E-state index is 11.7. The van der Waals surface area contributed by atoms with Crippen LogP contribution < -0.4 is 15.8 Å². The molecule has 0 radical (unpaired) electrons. The lowest BCUT2D eigenvalue weighted by Gasteiger charge is -2.15. The van der Waals surface area contributed by atoms with Gasteiger partial charge in [0.1, 0.15) is 5.75 Å². The lowest BCUT2D eigenvalue weighted by atomic mass is 10.2. The first-order valence-corrected chi connectivity index (χ1v) is 8.40. The minimum Gasteiger partial charge on any atom is -0.492 e. The molecule has 0 bridgehead atoms. The summed E-state index contributed by atoms with van der Waals surface area (Å²) in [4.78, 5) is 0.112. The van der Waals surface area contributed by atoms with Crippen LogP contribution in [-0.4, -0.2) is 21.3 Å². The fourth-order valence-corrected chi connectivity index (χ4v) is 2.81. The predicted octanol–water partition coefficient (Wildman–Crippen LogP) is 2.81. The van der Waals surface area contributed by atoms with E-state index in [1.807, 2.05) is 31.2 Å². The van der Waals surface area contributed by atoms with Gasteiger partial charge in [0.15, 0.2) is 9.84 Å². The molecule has 5 nitrogen and oxygen atoms in total. The third-order valence-electron chi connectivity index (χ3n) is 2.92. The molecule has 0 saturated carbocycles. The molecule has 6 heteroatoms. The zero-order valence-corrected chi connectivity index (χ0v) is 12.8. The number of nitrogens with two attached hydrogens (primary N) is 1. The van der Waals surface area contributed by atoms with Crippen LogP contribution in [-0.2, 0) is 9.84 Å². The molecule has 0 heterocycles. The Morgan fingerprint density at radius 2 is 1.76 bits per heavy atom. The van der Waals surface area contributed by atoms with Gasteiger partial charge in [-0.05, 0) is 31.2 Å². The Morgan fingerprint density at radius 1 is 1.10 bits per heavy atom. The van der Waals surface area contributed by atoms with Crippen molar-refractivity contribution in [2.45, 2.75) is 11.8 Å². The molecular weight excluding hydrogens is 288 g/mol. The quantitative estimate of drug-likeness (QED) is 0.830. The van der Waals surface area contributed by atoms with E-state index in [2.05, 4.69) is 5.32 Å². The molecule has 21 heavy (non-hydrogen) atoms. The van der Waals surface area contributed by atoms with E-state index in [-0.39, 0.29) is 10.6 Å². The van der Waals surface area contributed by atoms with E-state index in [4.69, 9.17) is 10.5 Å². The number of nitrogens with one attached hydrogen (secondary N) is 1. The number of rotatable bonds is 5. The first-order chi connectivity index (χ1) is 9.93. The van der Waals surface area contributed by atoms with Gasteiger partial charge in [0.2, 0.25) is 0 Å². The van der Waals surface area contributed by atoms with Gasteiger partial charge < -0.3 is 15.8 Å². The molecule has 112 valence electrons. The summed E-state index contributed by atoms with van der Waals surface area (Å²) >= 11 is 0. The number of anilines is 3. The topological polar surface area (TPSA) is 81.4 Å². The molecule has 0 aliphatic rings. The highest BCUT2D eigenvalue weighted by atomic mass is 32.2. The molecule has 0 atom stereocenters. The molecule has 0 fully saturated rings. The third kappa shape index (κ3) is 3.46. The smallest absolute Gasteiger partial charge is 0.177 e. The van der Waals surface area contributed by atoms with Crippen molar-refractivity contribution in [3.05, 3.63) is 42.5 Å². The van der Waals surface area contributed by atoms with Gasteiger partial charge in [-0.3, -0.25) is 0 Å². The van der Waals surface area contributed by atoms with Crippen LogP contribution in [0.1, 0.15) is 6.92 Å². The van der Waals surface area contributed by atoms with Gasteiger partial charge >= 0.3 is 0 Å². The summed E-state index contributed by atoms with van der Waals surface area (Å²) in [5, 5.41) is 3.12. The normalized spacial score (nSPS) is 11.1. The van der Waals surface area contributed by atoms with Crippen LogP contribution in [0.2, 0.25) is 0 Å². The molecular formula is C15H18N2O3S. The van der Waals surface area contributed by atoms with Gasteiger partial charge in [0.25, 0.3) is 0 Å². The van der Waals surface area contributed by atoms with Crippen molar-refractivity contribution in [1.82, 2.24) is 0 Å². The van der Waals surface area contributed by atoms with E-state index >= 15 is 0 Å². The largest absolute Gasteiger partial charge is 0.492 e. The molecule has 3 N–H and O–H groups in total. The van der Waals surface area contributed by atoms with Crippen LogP contribution in [0.4, 0.5) is 17.1 Å². The molecule has 0 unspecified atom stereocenters. The van der Waals surface area contributed by atoms with Crippen molar-refractivity contribution >= 4 is 26.9 Å². The fraction of sp³-hybridized carbons (Fsp3) is 0.200.